The number of benzene rings is 3. The van der Waals surface area contributed by atoms with Gasteiger partial charge in [0.1, 0.15) is 16.9 Å². The summed E-state index contributed by atoms with van der Waals surface area (Å²) in [6.07, 6.45) is 4.00. The third kappa shape index (κ3) is 4.30. The van der Waals surface area contributed by atoms with Gasteiger partial charge < -0.3 is 15.4 Å². The lowest BCUT2D eigenvalue weighted by molar-refractivity contribution is -0.124. The van der Waals surface area contributed by atoms with Crippen molar-refractivity contribution in [3.05, 3.63) is 93.2 Å². The Balaban J connectivity index is 1.52. The molecule has 6 rings (SSSR count). The Morgan fingerprint density at radius 1 is 1.02 bits per heavy atom. The molecule has 2 spiro atoms. The van der Waals surface area contributed by atoms with Crippen molar-refractivity contribution in [2.75, 3.05) is 10.6 Å². The monoisotopic (exact) mass is 591 g/mol. The highest BCUT2D eigenvalue weighted by atomic mass is 35.5. The van der Waals surface area contributed by atoms with E-state index in [1.807, 2.05) is 6.07 Å². The SMILES string of the molecule is CBC(=O)c1ccc(NC(=O)[C@@H]2NC3(CCCCC3)[C@@]3(C(=O)Nc4cc(Cl)ccc43)[C@H]2c2cccc(Cl)c2F)cc1. The van der Waals surface area contributed by atoms with Crippen LogP contribution in [0.15, 0.2) is 60.7 Å². The van der Waals surface area contributed by atoms with Gasteiger partial charge >= 0.3 is 0 Å². The highest BCUT2D eigenvalue weighted by Gasteiger charge is 2.72. The fourth-order valence-electron chi connectivity index (χ4n) is 7.38. The average molecular weight is 592 g/mol. The largest absolute Gasteiger partial charge is 0.325 e. The number of amides is 2. The van der Waals surface area contributed by atoms with Crippen LogP contribution in [0.4, 0.5) is 15.8 Å². The van der Waals surface area contributed by atoms with Crippen molar-refractivity contribution in [1.29, 1.82) is 0 Å². The number of halogens is 3. The van der Waals surface area contributed by atoms with Gasteiger partial charge in [0.05, 0.1) is 11.1 Å². The predicted octanol–water partition coefficient (Wildman–Crippen LogP) is 6.04. The summed E-state index contributed by atoms with van der Waals surface area (Å²) in [7, 11) is 0.378. The quantitative estimate of drug-likeness (QED) is 0.316. The maximum absolute atomic E-state index is 16.0. The van der Waals surface area contributed by atoms with Gasteiger partial charge in [-0.15, -0.1) is 0 Å². The summed E-state index contributed by atoms with van der Waals surface area (Å²) in [5, 5.41) is 9.98. The van der Waals surface area contributed by atoms with Crippen molar-refractivity contribution in [2.24, 2.45) is 0 Å². The number of carbonyl (C=O) groups is 3. The Hall–Kier alpha value is -3.20. The Morgan fingerprint density at radius 2 is 1.76 bits per heavy atom. The number of fused-ring (bicyclic) bond motifs is 3. The number of carbonyl (C=O) groups excluding carboxylic acids is 3. The highest BCUT2D eigenvalue weighted by molar-refractivity contribution is 6.76. The topological polar surface area (TPSA) is 87.3 Å². The predicted molar refractivity (Wildman–Crippen MR) is 161 cm³/mol. The second kappa shape index (κ2) is 10.6. The maximum atomic E-state index is 16.0. The zero-order valence-corrected chi connectivity index (χ0v) is 24.0. The lowest BCUT2D eigenvalue weighted by Crippen LogP contribution is -2.60. The van der Waals surface area contributed by atoms with Gasteiger partial charge in [0.15, 0.2) is 0 Å². The molecule has 3 aliphatic rings. The van der Waals surface area contributed by atoms with E-state index < -0.39 is 34.6 Å². The van der Waals surface area contributed by atoms with Crippen molar-refractivity contribution in [3.63, 3.8) is 0 Å². The van der Waals surface area contributed by atoms with Gasteiger partial charge in [-0.25, -0.2) is 4.39 Å². The van der Waals surface area contributed by atoms with Crippen molar-refractivity contribution >= 4 is 59.4 Å². The number of rotatable bonds is 5. The van der Waals surface area contributed by atoms with E-state index in [2.05, 4.69) is 16.0 Å². The van der Waals surface area contributed by atoms with Gasteiger partial charge in [0, 0.05) is 33.4 Å². The number of hydrogen-bond acceptors (Lipinski definition) is 4. The molecule has 1 saturated heterocycles. The van der Waals surface area contributed by atoms with E-state index in [0.29, 0.717) is 47.6 Å². The van der Waals surface area contributed by atoms with Gasteiger partial charge in [-0.3, -0.25) is 14.9 Å². The molecule has 0 bridgehead atoms. The molecule has 3 aromatic carbocycles. The second-order valence-corrected chi connectivity index (χ2v) is 12.0. The van der Waals surface area contributed by atoms with Gasteiger partial charge in [-0.05, 0) is 54.3 Å². The molecule has 0 unspecified atom stereocenters. The van der Waals surface area contributed by atoms with Crippen LogP contribution in [0, 0.1) is 5.82 Å². The number of nitrogens with one attached hydrogen (secondary N) is 3. The molecule has 3 N–H and O–H groups in total. The molecule has 6 nitrogen and oxygen atoms in total. The Kier molecular flexibility index (Phi) is 7.21. The van der Waals surface area contributed by atoms with Crippen molar-refractivity contribution < 1.29 is 18.8 Å². The molecule has 2 amide bonds. The molecule has 2 aliphatic heterocycles. The van der Waals surface area contributed by atoms with Crippen LogP contribution in [0.2, 0.25) is 16.9 Å². The lowest BCUT2D eigenvalue weighted by Gasteiger charge is -2.47. The summed E-state index contributed by atoms with van der Waals surface area (Å²) < 4.78 is 16.0. The summed E-state index contributed by atoms with van der Waals surface area (Å²) in [6.45, 7) is 1.79. The lowest BCUT2D eigenvalue weighted by atomic mass is 9.55. The van der Waals surface area contributed by atoms with Gasteiger partial charge in [0.2, 0.25) is 19.1 Å². The van der Waals surface area contributed by atoms with Crippen molar-refractivity contribution in [1.82, 2.24) is 5.32 Å². The first-order valence-corrected chi connectivity index (χ1v) is 14.7. The van der Waals surface area contributed by atoms with Crippen LogP contribution >= 0.6 is 23.2 Å². The molecule has 41 heavy (non-hydrogen) atoms. The highest BCUT2D eigenvalue weighted by Crippen LogP contribution is 2.62. The fraction of sp³-hybridized carbons (Fsp3) is 0.323. The van der Waals surface area contributed by atoms with Crippen LogP contribution in [-0.4, -0.2) is 36.4 Å². The minimum Gasteiger partial charge on any atom is -0.325 e. The van der Waals surface area contributed by atoms with Crippen LogP contribution in [0.25, 0.3) is 0 Å². The zero-order chi connectivity index (χ0) is 28.9. The smallest absolute Gasteiger partial charge is 0.242 e. The van der Waals surface area contributed by atoms with E-state index in [9.17, 15) is 14.4 Å². The van der Waals surface area contributed by atoms with Crippen LogP contribution in [-0.2, 0) is 15.0 Å². The first-order chi connectivity index (χ1) is 19.7. The van der Waals surface area contributed by atoms with Gasteiger partial charge in [-0.2, -0.15) is 0 Å². The van der Waals surface area contributed by atoms with E-state index in [1.54, 1.807) is 55.4 Å². The Morgan fingerprint density at radius 3 is 2.46 bits per heavy atom. The molecule has 1 aliphatic carbocycles. The standard InChI is InChI=1S/C31H29BCl2FN3O3/c1-32-27(39)17-8-11-19(12-9-17)36-28(40)26-24(20-6-5-7-22(34)25(20)35)31(30(38-26)14-3-2-4-15-30)21-13-10-18(33)16-23(21)37-29(31)41/h5-13,16,24,26,32,38H,2-4,14-15H2,1H3,(H,36,40)(H,37,41)/t24-,26+,31+/m0/s1. The van der Waals surface area contributed by atoms with Crippen LogP contribution < -0.4 is 16.0 Å². The molecular weight excluding hydrogens is 563 g/mol. The maximum Gasteiger partial charge on any atom is 0.242 e. The average Bonchev–Trinajstić information content (AvgIpc) is 3.42. The van der Waals surface area contributed by atoms with E-state index >= 15 is 4.39 Å². The Bertz CT molecular complexity index is 1560. The molecule has 0 aromatic heterocycles. The van der Waals surface area contributed by atoms with Crippen LogP contribution in [0.5, 0.6) is 0 Å². The molecule has 10 heteroatoms. The summed E-state index contributed by atoms with van der Waals surface area (Å²) in [4.78, 5) is 40.6. The molecule has 2 heterocycles. The molecule has 1 saturated carbocycles. The summed E-state index contributed by atoms with van der Waals surface area (Å²) >= 11 is 12.6. The zero-order valence-electron chi connectivity index (χ0n) is 22.5. The first kappa shape index (κ1) is 27.9. The van der Waals surface area contributed by atoms with E-state index in [-0.39, 0.29) is 22.2 Å². The summed E-state index contributed by atoms with van der Waals surface area (Å²) in [6, 6.07) is 15.7. The minimum atomic E-state index is -1.29. The van der Waals surface area contributed by atoms with Crippen molar-refractivity contribution in [3.8, 4) is 0 Å². The molecule has 0 radical (unpaired) electrons. The normalized spacial score (nSPS) is 24.2. The Labute approximate surface area is 248 Å². The molecule has 3 atom stereocenters. The third-order valence-corrected chi connectivity index (χ3v) is 9.63. The molecular formula is C31H29BCl2FN3O3. The molecule has 210 valence electrons. The van der Waals surface area contributed by atoms with Crippen molar-refractivity contribution in [2.45, 2.75) is 61.8 Å². The molecule has 2 fully saturated rings. The third-order valence-electron chi connectivity index (χ3n) is 9.10. The first-order valence-electron chi connectivity index (χ1n) is 14.0. The summed E-state index contributed by atoms with van der Waals surface area (Å²) in [5.41, 5.74) is 0.421. The second-order valence-electron chi connectivity index (χ2n) is 11.2. The molecule has 3 aromatic rings. The minimum absolute atomic E-state index is 0.00373. The van der Waals surface area contributed by atoms with E-state index in [0.717, 1.165) is 19.3 Å². The van der Waals surface area contributed by atoms with Crippen LogP contribution in [0.3, 0.4) is 0 Å². The van der Waals surface area contributed by atoms with E-state index in [4.69, 9.17) is 23.2 Å². The fourth-order valence-corrected chi connectivity index (χ4v) is 7.74. The van der Waals surface area contributed by atoms with Crippen LogP contribution in [0.1, 0.15) is 59.5 Å². The van der Waals surface area contributed by atoms with Gasteiger partial charge in [0.25, 0.3) is 0 Å². The summed E-state index contributed by atoms with van der Waals surface area (Å²) in [5.74, 6) is -2.25. The van der Waals surface area contributed by atoms with E-state index in [1.165, 1.54) is 6.07 Å². The van der Waals surface area contributed by atoms with Gasteiger partial charge in [-0.1, -0.05) is 79.6 Å². The number of hydrogen-bond donors (Lipinski definition) is 3. The number of anilines is 2.